The van der Waals surface area contributed by atoms with E-state index in [1.807, 2.05) is 5.48 Å². The lowest BCUT2D eigenvalue weighted by Gasteiger charge is -2.07. The molecule has 0 aliphatic carbocycles. The van der Waals surface area contributed by atoms with Crippen molar-refractivity contribution in [3.05, 3.63) is 35.1 Å². The summed E-state index contributed by atoms with van der Waals surface area (Å²) in [6, 6.07) is 0.820. The molecule has 17 heavy (non-hydrogen) atoms. The van der Waals surface area contributed by atoms with E-state index in [0.717, 1.165) is 0 Å². The number of rotatable bonds is 5. The third-order valence-corrected chi connectivity index (χ3v) is 1.79. The Hall–Kier alpha value is -1.60. The molecule has 1 N–H and O–H groups in total. The molecule has 0 saturated carbocycles. The molecule has 0 aliphatic rings. The summed E-state index contributed by atoms with van der Waals surface area (Å²) in [4.78, 5) is 15.9. The van der Waals surface area contributed by atoms with Crippen LogP contribution in [0, 0.1) is 17.5 Å². The van der Waals surface area contributed by atoms with Crippen molar-refractivity contribution in [3.8, 4) is 0 Å². The fourth-order valence-electron chi connectivity index (χ4n) is 1.05. The van der Waals surface area contributed by atoms with Crippen LogP contribution in [-0.4, -0.2) is 26.2 Å². The molecule has 0 heterocycles. The minimum Gasteiger partial charge on any atom is -0.382 e. The lowest BCUT2D eigenvalue weighted by atomic mass is 10.2. The first-order valence-corrected chi connectivity index (χ1v) is 4.62. The zero-order valence-electron chi connectivity index (χ0n) is 8.93. The van der Waals surface area contributed by atoms with E-state index in [0.29, 0.717) is 12.1 Å². The average molecular weight is 249 g/mol. The van der Waals surface area contributed by atoms with E-state index in [1.54, 1.807) is 0 Å². The molecule has 1 aromatic carbocycles. The number of halogens is 3. The van der Waals surface area contributed by atoms with Gasteiger partial charge in [0.2, 0.25) is 0 Å². The van der Waals surface area contributed by atoms with Crippen LogP contribution in [0.3, 0.4) is 0 Å². The lowest BCUT2D eigenvalue weighted by molar-refractivity contribution is 0.00839. The third-order valence-electron chi connectivity index (χ3n) is 1.79. The molecule has 0 bridgehead atoms. The molecule has 0 atom stereocenters. The van der Waals surface area contributed by atoms with Gasteiger partial charge in [-0.3, -0.25) is 9.63 Å². The van der Waals surface area contributed by atoms with Crippen LogP contribution in [0.25, 0.3) is 0 Å². The van der Waals surface area contributed by atoms with Crippen molar-refractivity contribution in [1.82, 2.24) is 5.48 Å². The predicted octanol–water partition coefficient (Wildman–Crippen LogP) is 1.41. The summed E-state index contributed by atoms with van der Waals surface area (Å²) in [5, 5.41) is 0. The smallest absolute Gasteiger partial charge is 0.280 e. The molecular formula is C10H10F3NO3. The summed E-state index contributed by atoms with van der Waals surface area (Å²) in [6.45, 7) is 0.224. The Kier molecular flexibility index (Phi) is 4.92. The SMILES string of the molecule is COCCONC(=O)c1c(F)cc(F)cc1F. The summed E-state index contributed by atoms with van der Waals surface area (Å²) in [6.07, 6.45) is 0. The summed E-state index contributed by atoms with van der Waals surface area (Å²) < 4.78 is 43.4. The molecule has 1 rings (SSSR count). The van der Waals surface area contributed by atoms with Gasteiger partial charge in [-0.15, -0.1) is 0 Å². The molecule has 4 nitrogen and oxygen atoms in total. The first-order chi connectivity index (χ1) is 8.06. The number of hydrogen-bond donors (Lipinski definition) is 1. The fourth-order valence-corrected chi connectivity index (χ4v) is 1.05. The van der Waals surface area contributed by atoms with Crippen molar-refractivity contribution in [1.29, 1.82) is 0 Å². The molecule has 0 fully saturated rings. The van der Waals surface area contributed by atoms with Crippen molar-refractivity contribution in [3.63, 3.8) is 0 Å². The van der Waals surface area contributed by atoms with Gasteiger partial charge < -0.3 is 4.74 Å². The molecular weight excluding hydrogens is 239 g/mol. The Labute approximate surface area is 95.3 Å². The van der Waals surface area contributed by atoms with Gasteiger partial charge in [0.05, 0.1) is 13.2 Å². The predicted molar refractivity (Wildman–Crippen MR) is 51.6 cm³/mol. The standard InChI is InChI=1S/C10H10F3NO3/c1-16-2-3-17-14-10(15)9-7(12)4-6(11)5-8(9)13/h4-5H,2-3H2,1H3,(H,14,15). The molecule has 7 heteroatoms. The van der Waals surface area contributed by atoms with Gasteiger partial charge in [0.15, 0.2) is 0 Å². The number of amides is 1. The first-order valence-electron chi connectivity index (χ1n) is 4.62. The van der Waals surface area contributed by atoms with Gasteiger partial charge in [-0.2, -0.15) is 0 Å². The molecule has 94 valence electrons. The van der Waals surface area contributed by atoms with Crippen LogP contribution in [0.15, 0.2) is 12.1 Å². The molecule has 0 aliphatic heterocycles. The van der Waals surface area contributed by atoms with E-state index >= 15 is 0 Å². The Morgan fingerprint density at radius 2 is 1.82 bits per heavy atom. The highest BCUT2D eigenvalue weighted by atomic mass is 19.1. The molecule has 0 spiro atoms. The number of carbonyl (C=O) groups is 1. The maximum Gasteiger partial charge on any atom is 0.280 e. The maximum absolute atomic E-state index is 13.1. The van der Waals surface area contributed by atoms with E-state index in [1.165, 1.54) is 7.11 Å². The number of nitrogens with one attached hydrogen (secondary N) is 1. The maximum atomic E-state index is 13.1. The van der Waals surface area contributed by atoms with Crippen molar-refractivity contribution in [2.45, 2.75) is 0 Å². The number of methoxy groups -OCH3 is 1. The molecule has 0 aromatic heterocycles. The Morgan fingerprint density at radius 1 is 1.24 bits per heavy atom. The summed E-state index contributed by atoms with van der Waals surface area (Å²) >= 11 is 0. The van der Waals surface area contributed by atoms with Gasteiger partial charge >= 0.3 is 0 Å². The zero-order valence-corrected chi connectivity index (χ0v) is 8.93. The quantitative estimate of drug-likeness (QED) is 0.634. The molecule has 0 saturated heterocycles. The van der Waals surface area contributed by atoms with E-state index < -0.39 is 28.9 Å². The van der Waals surface area contributed by atoms with Crippen LogP contribution in [0.2, 0.25) is 0 Å². The molecule has 1 aromatic rings. The zero-order chi connectivity index (χ0) is 12.8. The van der Waals surface area contributed by atoms with Gasteiger partial charge in [0, 0.05) is 19.2 Å². The van der Waals surface area contributed by atoms with Gasteiger partial charge in [0.1, 0.15) is 23.0 Å². The first kappa shape index (κ1) is 13.5. The van der Waals surface area contributed by atoms with Crippen LogP contribution in [0.5, 0.6) is 0 Å². The van der Waals surface area contributed by atoms with Crippen LogP contribution in [-0.2, 0) is 9.57 Å². The largest absolute Gasteiger partial charge is 0.382 e. The molecule has 0 radical (unpaired) electrons. The van der Waals surface area contributed by atoms with Crippen molar-refractivity contribution in [2.24, 2.45) is 0 Å². The number of ether oxygens (including phenoxy) is 1. The topological polar surface area (TPSA) is 47.6 Å². The van der Waals surface area contributed by atoms with Gasteiger partial charge in [-0.25, -0.2) is 18.7 Å². The van der Waals surface area contributed by atoms with Crippen LogP contribution in [0.1, 0.15) is 10.4 Å². The second-order valence-electron chi connectivity index (χ2n) is 3.02. The Balaban J connectivity index is 2.69. The highest BCUT2D eigenvalue weighted by molar-refractivity contribution is 5.94. The second-order valence-corrected chi connectivity index (χ2v) is 3.02. The highest BCUT2D eigenvalue weighted by Crippen LogP contribution is 2.14. The Bertz CT molecular complexity index is 389. The van der Waals surface area contributed by atoms with E-state index in [4.69, 9.17) is 0 Å². The number of hydroxylamine groups is 1. The van der Waals surface area contributed by atoms with Crippen LogP contribution < -0.4 is 5.48 Å². The fraction of sp³-hybridized carbons (Fsp3) is 0.300. The van der Waals surface area contributed by atoms with Gasteiger partial charge in [0.25, 0.3) is 5.91 Å². The van der Waals surface area contributed by atoms with Gasteiger partial charge in [-0.05, 0) is 0 Å². The summed E-state index contributed by atoms with van der Waals surface area (Å²) in [5.41, 5.74) is 0.914. The minimum absolute atomic E-state index is 0.0205. The average Bonchev–Trinajstić information content (AvgIpc) is 2.23. The van der Waals surface area contributed by atoms with Gasteiger partial charge in [-0.1, -0.05) is 0 Å². The van der Waals surface area contributed by atoms with E-state index in [-0.39, 0.29) is 13.2 Å². The van der Waals surface area contributed by atoms with Crippen LogP contribution in [0.4, 0.5) is 13.2 Å². The monoisotopic (exact) mass is 249 g/mol. The number of carbonyl (C=O) groups excluding carboxylic acids is 1. The normalized spacial score (nSPS) is 10.4. The summed E-state index contributed by atoms with van der Waals surface area (Å²) in [7, 11) is 1.42. The van der Waals surface area contributed by atoms with Crippen LogP contribution >= 0.6 is 0 Å². The van der Waals surface area contributed by atoms with E-state index in [2.05, 4.69) is 9.57 Å². The minimum atomic E-state index is -1.30. The highest BCUT2D eigenvalue weighted by Gasteiger charge is 2.18. The van der Waals surface area contributed by atoms with Crippen molar-refractivity contribution >= 4 is 5.91 Å². The van der Waals surface area contributed by atoms with Crippen molar-refractivity contribution < 1.29 is 27.5 Å². The second kappa shape index (κ2) is 6.21. The summed E-state index contributed by atoms with van der Waals surface area (Å²) in [5.74, 6) is -4.82. The van der Waals surface area contributed by atoms with E-state index in [9.17, 15) is 18.0 Å². The third kappa shape index (κ3) is 3.72. The number of hydrogen-bond acceptors (Lipinski definition) is 3. The Morgan fingerprint density at radius 3 is 2.35 bits per heavy atom. The number of benzene rings is 1. The lowest BCUT2D eigenvalue weighted by Crippen LogP contribution is -2.27. The van der Waals surface area contributed by atoms with Crippen molar-refractivity contribution in [2.75, 3.05) is 20.3 Å². The molecule has 1 amide bonds. The molecule has 0 unspecified atom stereocenters.